The van der Waals surface area contributed by atoms with E-state index < -0.39 is 0 Å². The minimum absolute atomic E-state index is 0.109. The maximum Gasteiger partial charge on any atom is 0.223 e. The Morgan fingerprint density at radius 1 is 1.17 bits per heavy atom. The molecular weight excluding hydrogens is 364 g/mol. The minimum atomic E-state index is 0.109. The maximum absolute atomic E-state index is 12.5. The highest BCUT2D eigenvalue weighted by Gasteiger charge is 2.41. The Bertz CT molecular complexity index is 856. The molecule has 156 valence electrons. The lowest BCUT2D eigenvalue weighted by Gasteiger charge is -2.34. The SMILES string of the molecule is Cc1nn(C)c(C)c1[C@H]1[C@H](CNC2CCN(c3ccccn3)CC2)CC(=O)N1C. The van der Waals surface area contributed by atoms with Crippen molar-refractivity contribution in [2.24, 2.45) is 13.0 Å². The van der Waals surface area contributed by atoms with Gasteiger partial charge in [-0.2, -0.15) is 5.10 Å². The number of likely N-dealkylation sites (tertiary alicyclic amines) is 1. The second kappa shape index (κ2) is 8.14. The predicted molar refractivity (Wildman–Crippen MR) is 114 cm³/mol. The molecule has 0 aliphatic carbocycles. The van der Waals surface area contributed by atoms with Gasteiger partial charge in [0.15, 0.2) is 0 Å². The molecule has 2 aromatic heterocycles. The van der Waals surface area contributed by atoms with Crippen LogP contribution in [0.25, 0.3) is 0 Å². The van der Waals surface area contributed by atoms with Gasteiger partial charge in [0.05, 0.1) is 11.7 Å². The van der Waals surface area contributed by atoms with Crippen LogP contribution < -0.4 is 10.2 Å². The summed E-state index contributed by atoms with van der Waals surface area (Å²) in [5, 5.41) is 8.35. The monoisotopic (exact) mass is 396 g/mol. The maximum atomic E-state index is 12.5. The van der Waals surface area contributed by atoms with Crippen LogP contribution in [0, 0.1) is 19.8 Å². The van der Waals surface area contributed by atoms with E-state index in [4.69, 9.17) is 0 Å². The van der Waals surface area contributed by atoms with Crippen molar-refractivity contribution in [1.82, 2.24) is 25.0 Å². The van der Waals surface area contributed by atoms with Crippen LogP contribution >= 0.6 is 0 Å². The number of aromatic nitrogens is 3. The molecule has 4 heterocycles. The van der Waals surface area contributed by atoms with Gasteiger partial charge in [-0.1, -0.05) is 6.07 Å². The molecule has 2 saturated heterocycles. The lowest BCUT2D eigenvalue weighted by atomic mass is 9.91. The third kappa shape index (κ3) is 3.88. The fraction of sp³-hybridized carbons (Fsp3) is 0.591. The number of rotatable bonds is 5. The van der Waals surface area contributed by atoms with Crippen LogP contribution in [0.4, 0.5) is 5.82 Å². The van der Waals surface area contributed by atoms with E-state index in [1.54, 1.807) is 0 Å². The van der Waals surface area contributed by atoms with E-state index in [1.165, 1.54) is 5.56 Å². The molecule has 0 unspecified atom stereocenters. The van der Waals surface area contributed by atoms with Crippen molar-refractivity contribution >= 4 is 11.7 Å². The number of carbonyl (C=O) groups is 1. The van der Waals surface area contributed by atoms with E-state index in [0.717, 1.165) is 49.7 Å². The lowest BCUT2D eigenvalue weighted by Crippen LogP contribution is -2.44. The molecule has 0 radical (unpaired) electrons. The van der Waals surface area contributed by atoms with E-state index in [1.807, 2.05) is 42.0 Å². The normalized spacial score (nSPS) is 23.2. The summed E-state index contributed by atoms with van der Waals surface area (Å²) < 4.78 is 1.93. The highest BCUT2D eigenvalue weighted by atomic mass is 16.2. The fourth-order valence-corrected chi connectivity index (χ4v) is 4.95. The van der Waals surface area contributed by atoms with Gasteiger partial charge in [0.2, 0.25) is 5.91 Å². The summed E-state index contributed by atoms with van der Waals surface area (Å²) in [7, 11) is 3.91. The molecule has 2 atom stereocenters. The highest BCUT2D eigenvalue weighted by molar-refractivity contribution is 5.79. The standard InChI is InChI=1S/C22H32N6O/c1-15-21(16(2)27(4)25-15)22-17(13-20(29)26(22)3)14-24-18-8-11-28(12-9-18)19-7-5-6-10-23-19/h5-7,10,17-18,22,24H,8-9,11-14H2,1-4H3/t17-,22+/m0/s1. The summed E-state index contributed by atoms with van der Waals surface area (Å²) in [5.41, 5.74) is 3.41. The number of pyridine rings is 1. The Labute approximate surface area is 173 Å². The second-order valence-electron chi connectivity index (χ2n) is 8.48. The average Bonchev–Trinajstić information content (AvgIpc) is 3.15. The van der Waals surface area contributed by atoms with Gasteiger partial charge in [0, 0.05) is 69.6 Å². The summed E-state index contributed by atoms with van der Waals surface area (Å²) in [4.78, 5) is 21.3. The van der Waals surface area contributed by atoms with Crippen molar-refractivity contribution in [3.05, 3.63) is 41.3 Å². The Morgan fingerprint density at radius 2 is 1.93 bits per heavy atom. The van der Waals surface area contributed by atoms with Crippen molar-refractivity contribution in [3.8, 4) is 0 Å². The van der Waals surface area contributed by atoms with Crippen LogP contribution in [0.15, 0.2) is 24.4 Å². The van der Waals surface area contributed by atoms with Crippen molar-refractivity contribution in [2.45, 2.75) is 45.2 Å². The summed E-state index contributed by atoms with van der Waals surface area (Å²) in [6.07, 6.45) is 4.66. The first-order chi connectivity index (χ1) is 14.0. The largest absolute Gasteiger partial charge is 0.357 e. The van der Waals surface area contributed by atoms with Crippen LogP contribution in [0.2, 0.25) is 0 Å². The van der Waals surface area contributed by atoms with Crippen molar-refractivity contribution in [3.63, 3.8) is 0 Å². The smallest absolute Gasteiger partial charge is 0.223 e. The summed E-state index contributed by atoms with van der Waals surface area (Å²) in [5.74, 6) is 1.58. The van der Waals surface area contributed by atoms with Crippen molar-refractivity contribution in [1.29, 1.82) is 0 Å². The molecule has 0 spiro atoms. The zero-order chi connectivity index (χ0) is 20.5. The van der Waals surface area contributed by atoms with Crippen molar-refractivity contribution in [2.75, 3.05) is 31.6 Å². The molecule has 1 N–H and O–H groups in total. The van der Waals surface area contributed by atoms with E-state index in [-0.39, 0.29) is 17.9 Å². The lowest BCUT2D eigenvalue weighted by molar-refractivity contribution is -0.127. The molecule has 1 amide bonds. The van der Waals surface area contributed by atoms with E-state index in [9.17, 15) is 4.79 Å². The molecule has 2 fully saturated rings. The molecule has 2 aromatic rings. The van der Waals surface area contributed by atoms with Crippen LogP contribution in [-0.4, -0.2) is 58.3 Å². The summed E-state index contributed by atoms with van der Waals surface area (Å²) in [6, 6.07) is 6.68. The number of carbonyl (C=O) groups excluding carboxylic acids is 1. The number of nitrogens with one attached hydrogen (secondary N) is 1. The number of hydrogen-bond acceptors (Lipinski definition) is 5. The highest BCUT2D eigenvalue weighted by Crippen LogP contribution is 2.39. The minimum Gasteiger partial charge on any atom is -0.357 e. The molecule has 7 heteroatoms. The number of hydrogen-bond donors (Lipinski definition) is 1. The van der Waals surface area contributed by atoms with Gasteiger partial charge in [-0.05, 0) is 38.8 Å². The number of amides is 1. The molecule has 4 rings (SSSR count). The topological polar surface area (TPSA) is 66.3 Å². The third-order valence-corrected chi connectivity index (χ3v) is 6.69. The first-order valence-corrected chi connectivity index (χ1v) is 10.6. The molecule has 0 aromatic carbocycles. The predicted octanol–water partition coefficient (Wildman–Crippen LogP) is 2.21. The molecule has 2 aliphatic heterocycles. The molecule has 29 heavy (non-hydrogen) atoms. The molecule has 0 bridgehead atoms. The Hall–Kier alpha value is -2.41. The van der Waals surface area contributed by atoms with Crippen LogP contribution in [0.5, 0.6) is 0 Å². The van der Waals surface area contributed by atoms with Crippen molar-refractivity contribution < 1.29 is 4.79 Å². The zero-order valence-corrected chi connectivity index (χ0v) is 17.9. The quantitative estimate of drug-likeness (QED) is 0.839. The van der Waals surface area contributed by atoms with Gasteiger partial charge >= 0.3 is 0 Å². The van der Waals surface area contributed by atoms with Crippen LogP contribution in [0.3, 0.4) is 0 Å². The average molecular weight is 397 g/mol. The third-order valence-electron chi connectivity index (χ3n) is 6.69. The Morgan fingerprint density at radius 3 is 2.55 bits per heavy atom. The van der Waals surface area contributed by atoms with Gasteiger partial charge in [-0.25, -0.2) is 4.98 Å². The zero-order valence-electron chi connectivity index (χ0n) is 17.9. The molecule has 7 nitrogen and oxygen atoms in total. The molecule has 0 saturated carbocycles. The second-order valence-corrected chi connectivity index (χ2v) is 8.48. The number of piperidine rings is 1. The van der Waals surface area contributed by atoms with Crippen LogP contribution in [0.1, 0.15) is 42.3 Å². The van der Waals surface area contributed by atoms with E-state index in [0.29, 0.717) is 12.5 Å². The van der Waals surface area contributed by atoms with Crippen LogP contribution in [-0.2, 0) is 11.8 Å². The Balaban J connectivity index is 1.38. The van der Waals surface area contributed by atoms with Gasteiger partial charge < -0.3 is 15.1 Å². The van der Waals surface area contributed by atoms with Gasteiger partial charge in [-0.3, -0.25) is 9.48 Å². The molecule has 2 aliphatic rings. The molecular formula is C22H32N6O. The van der Waals surface area contributed by atoms with Gasteiger partial charge in [0.25, 0.3) is 0 Å². The summed E-state index contributed by atoms with van der Waals surface area (Å²) in [6.45, 7) is 7.05. The Kier molecular flexibility index (Phi) is 5.58. The van der Waals surface area contributed by atoms with E-state index >= 15 is 0 Å². The van der Waals surface area contributed by atoms with E-state index in [2.05, 4.69) is 40.2 Å². The van der Waals surface area contributed by atoms with Gasteiger partial charge in [0.1, 0.15) is 5.82 Å². The van der Waals surface area contributed by atoms with Gasteiger partial charge in [-0.15, -0.1) is 0 Å². The first kappa shape index (κ1) is 19.9. The number of anilines is 1. The first-order valence-electron chi connectivity index (χ1n) is 10.6. The number of nitrogens with zero attached hydrogens (tertiary/aromatic N) is 5. The fourth-order valence-electron chi connectivity index (χ4n) is 4.95. The summed E-state index contributed by atoms with van der Waals surface area (Å²) >= 11 is 0. The number of aryl methyl sites for hydroxylation is 2.